The van der Waals surface area contributed by atoms with E-state index in [4.69, 9.17) is 4.74 Å². The molecule has 0 radical (unpaired) electrons. The lowest BCUT2D eigenvalue weighted by atomic mass is 9.46. The fourth-order valence-electron chi connectivity index (χ4n) is 8.47. The first kappa shape index (κ1) is 20.3. The Kier molecular flexibility index (Phi) is 4.87. The minimum absolute atomic E-state index is 0.106. The molecule has 5 unspecified atom stereocenters. The molecule has 3 nitrogen and oxygen atoms in total. The van der Waals surface area contributed by atoms with Crippen LogP contribution in [0.1, 0.15) is 85.0 Å². The average molecular weight is 417 g/mol. The Hall–Kier alpha value is -0.610. The van der Waals surface area contributed by atoms with Crippen LogP contribution in [-0.2, 0) is 14.3 Å². The van der Waals surface area contributed by atoms with Gasteiger partial charge in [-0.2, -0.15) is 0 Å². The molecule has 5 aliphatic rings. The maximum absolute atomic E-state index is 12.2. The first-order chi connectivity index (χ1) is 13.8. The van der Waals surface area contributed by atoms with Crippen LogP contribution < -0.4 is 0 Å². The quantitative estimate of drug-likeness (QED) is 0.513. The number of hydrogen-bond acceptors (Lipinski definition) is 4. The van der Waals surface area contributed by atoms with E-state index >= 15 is 0 Å². The molecule has 1 saturated heterocycles. The van der Waals surface area contributed by atoms with Gasteiger partial charge in [-0.1, -0.05) is 37.3 Å². The van der Waals surface area contributed by atoms with Crippen molar-refractivity contribution in [3.8, 4) is 0 Å². The first-order valence-corrected chi connectivity index (χ1v) is 12.7. The molecule has 1 spiro atoms. The van der Waals surface area contributed by atoms with E-state index in [1.54, 1.807) is 24.3 Å². The second-order valence-corrected chi connectivity index (χ2v) is 12.4. The van der Waals surface area contributed by atoms with E-state index in [1.165, 1.54) is 38.5 Å². The van der Waals surface area contributed by atoms with Crippen LogP contribution >= 0.6 is 11.8 Å². The second-order valence-electron chi connectivity index (χ2n) is 11.0. The van der Waals surface area contributed by atoms with Gasteiger partial charge in [0, 0.05) is 18.6 Å². The lowest BCUT2D eigenvalue weighted by Gasteiger charge is -2.62. The van der Waals surface area contributed by atoms with E-state index in [0.717, 1.165) is 19.3 Å². The van der Waals surface area contributed by atoms with Gasteiger partial charge in [-0.3, -0.25) is 9.59 Å². The van der Waals surface area contributed by atoms with Crippen molar-refractivity contribution in [1.29, 1.82) is 0 Å². The predicted molar refractivity (Wildman–Crippen MR) is 117 cm³/mol. The van der Waals surface area contributed by atoms with Crippen LogP contribution in [0.25, 0.3) is 0 Å². The highest BCUT2D eigenvalue weighted by Crippen LogP contribution is 2.70. The van der Waals surface area contributed by atoms with Crippen LogP contribution in [0.4, 0.5) is 0 Å². The largest absolute Gasteiger partial charge is 0.367 e. The third-order valence-corrected chi connectivity index (χ3v) is 11.1. The summed E-state index contributed by atoms with van der Waals surface area (Å²) < 4.78 is 6.40. The first-order valence-electron chi connectivity index (χ1n) is 11.8. The number of rotatable bonds is 1. The third-order valence-electron chi connectivity index (χ3n) is 9.95. The molecule has 160 valence electrons. The molecule has 0 aromatic rings. The number of thioether (sulfide) groups is 1. The zero-order chi connectivity index (χ0) is 20.4. The number of fused-ring (bicyclic) bond motifs is 6. The second kappa shape index (κ2) is 6.95. The number of ether oxygens (including phenoxy) is 1. The highest BCUT2D eigenvalue weighted by Gasteiger charge is 2.66. The predicted octanol–water partition coefficient (Wildman–Crippen LogP) is 5.72. The molecule has 4 aliphatic carbocycles. The van der Waals surface area contributed by atoms with Gasteiger partial charge < -0.3 is 4.74 Å². The molecular formula is C25H36O3S. The lowest BCUT2D eigenvalue weighted by Crippen LogP contribution is -2.59. The van der Waals surface area contributed by atoms with Gasteiger partial charge in [0.05, 0.1) is 5.60 Å². The molecule has 0 bridgehead atoms. The summed E-state index contributed by atoms with van der Waals surface area (Å²) >= 11 is 1.62. The Balaban J connectivity index is 1.53. The highest BCUT2D eigenvalue weighted by molar-refractivity contribution is 8.14. The summed E-state index contributed by atoms with van der Waals surface area (Å²) in [6, 6.07) is 0. The Morgan fingerprint density at radius 2 is 1.93 bits per heavy atom. The molecule has 1 aliphatic heterocycles. The summed E-state index contributed by atoms with van der Waals surface area (Å²) in [7, 11) is 0. The fourth-order valence-corrected chi connectivity index (χ4v) is 9.69. The minimum Gasteiger partial charge on any atom is -0.367 e. The third kappa shape index (κ3) is 2.87. The lowest BCUT2D eigenvalue weighted by molar-refractivity contribution is -0.181. The number of carbonyl (C=O) groups excluding carboxylic acids is 2. The molecule has 0 aromatic carbocycles. The molecule has 4 fully saturated rings. The van der Waals surface area contributed by atoms with E-state index < -0.39 is 0 Å². The van der Waals surface area contributed by atoms with E-state index in [1.807, 2.05) is 0 Å². The van der Waals surface area contributed by atoms with Crippen LogP contribution in [-0.4, -0.2) is 28.4 Å². The fraction of sp³-hybridized carbons (Fsp3) is 0.840. The number of Topliss-reactive ketones (excluding diaryl/α,β-unsaturated/α-hetero) is 1. The van der Waals surface area contributed by atoms with E-state index in [-0.39, 0.29) is 21.9 Å². The molecule has 1 heterocycles. The Bertz CT molecular complexity index is 747. The summed E-state index contributed by atoms with van der Waals surface area (Å²) in [4.78, 5) is 24.1. The monoisotopic (exact) mass is 416 g/mol. The van der Waals surface area contributed by atoms with Crippen molar-refractivity contribution in [3.05, 3.63) is 11.6 Å². The van der Waals surface area contributed by atoms with Crippen LogP contribution in [0.3, 0.4) is 0 Å². The van der Waals surface area contributed by atoms with Crippen molar-refractivity contribution >= 4 is 22.7 Å². The highest BCUT2D eigenvalue weighted by atomic mass is 32.2. The Morgan fingerprint density at radius 3 is 2.66 bits per heavy atom. The Morgan fingerprint density at radius 1 is 1.14 bits per heavy atom. The summed E-state index contributed by atoms with van der Waals surface area (Å²) in [6.45, 7) is 7.07. The summed E-state index contributed by atoms with van der Waals surface area (Å²) in [5, 5.41) is 0.688. The molecule has 4 heteroatoms. The zero-order valence-electron chi connectivity index (χ0n) is 18.3. The van der Waals surface area contributed by atoms with Gasteiger partial charge in [0.2, 0.25) is 0 Å². The molecule has 3 saturated carbocycles. The molecule has 0 amide bonds. The molecule has 0 aromatic heterocycles. The van der Waals surface area contributed by atoms with Gasteiger partial charge in [-0.05, 0) is 86.4 Å². The van der Waals surface area contributed by atoms with Gasteiger partial charge in [-0.25, -0.2) is 0 Å². The summed E-state index contributed by atoms with van der Waals surface area (Å²) in [6.07, 6.45) is 13.8. The molecule has 29 heavy (non-hydrogen) atoms. The maximum Gasteiger partial charge on any atom is 0.186 e. The zero-order valence-corrected chi connectivity index (χ0v) is 19.1. The molecule has 5 rings (SSSR count). The molecule has 7 atom stereocenters. The normalized spacial score (nSPS) is 49.2. The Labute approximate surface area is 179 Å². The SMILES string of the molecule is CC(=O)S[C@@H]1CC2=CCCCC2(C)C2CCC3(C)C(CC[C@@]34CCC(=O)CO4)C21. The summed E-state index contributed by atoms with van der Waals surface area (Å²) in [5.41, 5.74) is 2.03. The van der Waals surface area contributed by atoms with Gasteiger partial charge in [0.1, 0.15) is 6.61 Å². The van der Waals surface area contributed by atoms with Crippen LogP contribution in [0, 0.1) is 28.6 Å². The van der Waals surface area contributed by atoms with Crippen molar-refractivity contribution < 1.29 is 14.3 Å². The van der Waals surface area contributed by atoms with E-state index in [2.05, 4.69) is 19.9 Å². The molecule has 0 N–H and O–H groups in total. The number of ketones is 1. The van der Waals surface area contributed by atoms with Crippen molar-refractivity contribution in [3.63, 3.8) is 0 Å². The number of carbonyl (C=O) groups is 2. The van der Waals surface area contributed by atoms with Crippen LogP contribution in [0.15, 0.2) is 11.6 Å². The number of allylic oxidation sites excluding steroid dienone is 2. The van der Waals surface area contributed by atoms with Crippen LogP contribution in [0.5, 0.6) is 0 Å². The summed E-state index contributed by atoms with van der Waals surface area (Å²) in [5.74, 6) is 2.18. The topological polar surface area (TPSA) is 43.4 Å². The van der Waals surface area contributed by atoms with Crippen molar-refractivity contribution in [1.82, 2.24) is 0 Å². The standard InChI is InChI=1S/C25H36O3S/c1-16(26)29-21-14-17-6-4-5-10-23(17,2)19-8-11-24(3)20(22(19)21)9-13-25(24)12-7-18(27)15-28-25/h6,19-22H,4-5,7-15H2,1-3H3/t19?,20?,21-,22?,23?,24?,25+/m1/s1. The van der Waals surface area contributed by atoms with Gasteiger partial charge in [-0.15, -0.1) is 0 Å². The molecular weight excluding hydrogens is 380 g/mol. The number of hydrogen-bond donors (Lipinski definition) is 0. The van der Waals surface area contributed by atoms with E-state index in [9.17, 15) is 9.59 Å². The smallest absolute Gasteiger partial charge is 0.186 e. The van der Waals surface area contributed by atoms with Gasteiger partial charge >= 0.3 is 0 Å². The maximum atomic E-state index is 12.2. The van der Waals surface area contributed by atoms with Crippen molar-refractivity contribution in [2.24, 2.45) is 28.6 Å². The van der Waals surface area contributed by atoms with E-state index in [0.29, 0.717) is 41.4 Å². The van der Waals surface area contributed by atoms with Gasteiger partial charge in [0.15, 0.2) is 10.9 Å². The van der Waals surface area contributed by atoms with Crippen molar-refractivity contribution in [2.75, 3.05) is 6.61 Å². The minimum atomic E-state index is -0.106. The van der Waals surface area contributed by atoms with Crippen LogP contribution in [0.2, 0.25) is 0 Å². The van der Waals surface area contributed by atoms with Crippen molar-refractivity contribution in [2.45, 2.75) is 95.8 Å². The van der Waals surface area contributed by atoms with Gasteiger partial charge in [0.25, 0.3) is 0 Å². The average Bonchev–Trinajstić information content (AvgIpc) is 2.96.